The minimum absolute atomic E-state index is 0. The first kappa shape index (κ1) is 53.4. The molecule has 5 aliphatic rings. The maximum Gasteiger partial charge on any atom is 1.00 e. The van der Waals surface area contributed by atoms with Crippen LogP contribution in [0.4, 0.5) is 0 Å². The maximum atomic E-state index is 13.8. The molecule has 0 bridgehead atoms. The van der Waals surface area contributed by atoms with Crippen molar-refractivity contribution in [1.29, 1.82) is 0 Å². The van der Waals surface area contributed by atoms with E-state index >= 15 is 0 Å². The molecule has 0 radical (unpaired) electrons. The van der Waals surface area contributed by atoms with Gasteiger partial charge >= 0.3 is 1.43 Å². The van der Waals surface area contributed by atoms with Gasteiger partial charge in [0.25, 0.3) is 0 Å². The third-order valence-electron chi connectivity index (χ3n) is 21.4. The Balaban J connectivity index is 0.000000134. The maximum absolute atomic E-state index is 13.8. The fourth-order valence-electron chi connectivity index (χ4n) is 18.0. The van der Waals surface area contributed by atoms with Crippen LogP contribution in [0.2, 0.25) is 0 Å². The van der Waals surface area contributed by atoms with Crippen molar-refractivity contribution in [3.63, 3.8) is 0 Å². The van der Waals surface area contributed by atoms with E-state index in [2.05, 4.69) is 315 Å². The van der Waals surface area contributed by atoms with Gasteiger partial charge in [-0.05, 0) is 159 Å². The third kappa shape index (κ3) is 6.61. The topological polar surface area (TPSA) is 20.2 Å². The lowest BCUT2D eigenvalue weighted by Crippen LogP contribution is -2.44. The lowest BCUT2D eigenvalue weighted by molar-refractivity contribution is 0.119. The SMILES string of the molecule is OC1(c2ccccc2-c2ccccc2)c2ccccc2C2(c3ccccc3-c3ccccc32)c2cc3sc4ccccc4c3cc21.[BH4-].[H+].c1ccc2c(c1)-c1ccccc1C21c2ccccc2C2(c3ccccc3-c3ccccc32)c2cc3c(cc21)sc1ccccc13. The second-order valence-electron chi connectivity index (χ2n) is 25.2. The first-order chi connectivity index (χ1) is 45.0. The molecule has 21 rings (SSSR count). The Bertz CT molecular complexity index is 5660. The van der Waals surface area contributed by atoms with Gasteiger partial charge in [0, 0.05) is 45.9 Å². The summed E-state index contributed by atoms with van der Waals surface area (Å²) in [7, 11) is 0. The van der Waals surface area contributed by atoms with Crippen LogP contribution in [0.5, 0.6) is 0 Å². The van der Waals surface area contributed by atoms with Crippen LogP contribution in [0.3, 0.4) is 0 Å². The van der Waals surface area contributed by atoms with Gasteiger partial charge in [0.2, 0.25) is 0 Å². The summed E-state index contributed by atoms with van der Waals surface area (Å²) < 4.78 is 5.19. The van der Waals surface area contributed by atoms with E-state index in [4.69, 9.17) is 0 Å². The molecule has 0 amide bonds. The second kappa shape index (κ2) is 19.5. The summed E-state index contributed by atoms with van der Waals surface area (Å²) in [6.45, 7) is 0. The zero-order valence-electron chi connectivity index (χ0n) is 50.4. The lowest BCUT2D eigenvalue weighted by Gasteiger charge is -2.49. The van der Waals surface area contributed by atoms with E-state index in [-0.39, 0.29) is 9.84 Å². The Morgan fingerprint density at radius 3 is 0.880 bits per heavy atom. The van der Waals surface area contributed by atoms with Crippen LogP contribution in [0, 0.1) is 0 Å². The molecule has 16 aromatic rings. The van der Waals surface area contributed by atoms with Gasteiger partial charge in [-0.2, -0.15) is 0 Å². The molecule has 0 fully saturated rings. The minimum atomic E-state index is -1.41. The van der Waals surface area contributed by atoms with Crippen molar-refractivity contribution in [2.45, 2.75) is 21.8 Å². The Labute approximate surface area is 545 Å². The quantitative estimate of drug-likeness (QED) is 0.171. The summed E-state index contributed by atoms with van der Waals surface area (Å²) in [6, 6.07) is 119. The highest BCUT2D eigenvalue weighted by Crippen LogP contribution is 2.69. The van der Waals surface area contributed by atoms with E-state index in [9.17, 15) is 5.11 Å². The molecule has 1 nitrogen and oxygen atoms in total. The summed E-state index contributed by atoms with van der Waals surface area (Å²) >= 11 is 3.76. The second-order valence-corrected chi connectivity index (χ2v) is 27.4. The van der Waals surface area contributed by atoms with Crippen molar-refractivity contribution in [1.82, 2.24) is 0 Å². The van der Waals surface area contributed by atoms with Gasteiger partial charge in [-0.15, -0.1) is 22.7 Å². The first-order valence-corrected chi connectivity index (χ1v) is 33.2. The standard InChI is InChI=1S/C44H28OS.C44H26S.BH4/c45-44(36-22-10-4-16-29(36)28-14-2-1-3-15-28)38-24-12-11-23-37(38)43(34-20-8-5-17-30(34)31-18-6-9-21-35(31)43)39-27-42-33(26-40(39)44)32-19-7-13-25-41(32)46-42;1-6-18-33-27(13-1)28-14-2-7-19-34(28)43(33)37-22-10-11-23-38(37)44(35-20-8-3-15-29(35)30-16-4-9-21-36(30)44)40-26-42-32(25-39(40)43)31-17-5-12-24-41(31)45-42;/h1-27,45H;1-26H;1H4/q;;-1/p+1. The largest absolute Gasteiger partial charge is 1.00 e. The zero-order chi connectivity index (χ0) is 59.8. The molecule has 5 aliphatic carbocycles. The zero-order valence-corrected chi connectivity index (χ0v) is 51.0. The fourth-order valence-corrected chi connectivity index (χ4v) is 20.3. The summed E-state index contributed by atoms with van der Waals surface area (Å²) in [6.07, 6.45) is 0. The molecule has 0 saturated heterocycles. The molecule has 1 unspecified atom stereocenters. The molecule has 432 valence electrons. The predicted octanol–water partition coefficient (Wildman–Crippen LogP) is 20.4. The van der Waals surface area contributed by atoms with E-state index in [1.807, 2.05) is 28.7 Å². The van der Waals surface area contributed by atoms with E-state index in [1.54, 1.807) is 0 Å². The number of benzene rings is 14. The van der Waals surface area contributed by atoms with Crippen molar-refractivity contribution >= 4 is 71.4 Å². The first-order valence-electron chi connectivity index (χ1n) is 31.6. The van der Waals surface area contributed by atoms with Crippen LogP contribution in [0.1, 0.15) is 84.9 Å². The average molecular weight is 1210 g/mol. The number of hydrogen-bond donors (Lipinski definition) is 1. The molecule has 2 aromatic heterocycles. The molecule has 4 heteroatoms. The van der Waals surface area contributed by atoms with Crippen molar-refractivity contribution < 1.29 is 6.53 Å². The van der Waals surface area contributed by atoms with Gasteiger partial charge in [0.05, 0.1) is 16.2 Å². The molecule has 0 aliphatic heterocycles. The van der Waals surface area contributed by atoms with E-state index in [0.29, 0.717) is 0 Å². The van der Waals surface area contributed by atoms with Gasteiger partial charge in [-0.1, -0.05) is 294 Å². The smallest absolute Gasteiger partial charge is 0.376 e. The molecule has 1 N–H and O–H groups in total. The number of hydrogen-bond acceptors (Lipinski definition) is 3. The molecule has 92 heavy (non-hydrogen) atoms. The van der Waals surface area contributed by atoms with Crippen LogP contribution >= 0.6 is 22.7 Å². The summed E-state index contributed by atoms with van der Waals surface area (Å²) in [4.78, 5) is 0. The van der Waals surface area contributed by atoms with Crippen LogP contribution in [0.15, 0.2) is 322 Å². The van der Waals surface area contributed by atoms with Crippen LogP contribution in [-0.2, 0) is 21.8 Å². The Kier molecular flexibility index (Phi) is 11.3. The Morgan fingerprint density at radius 1 is 0.207 bits per heavy atom. The molecular weight excluding hydrogens is 1150 g/mol. The fraction of sp³-hybridized carbons (Fsp3) is 0.0455. The number of thiophene rings is 2. The molecule has 3 spiro atoms. The molecular formula is C88H59BOS2. The lowest BCUT2D eigenvalue weighted by atomic mass is 9.52. The monoisotopic (exact) mass is 1210 g/mol. The molecule has 1 atom stereocenters. The normalized spacial score (nSPS) is 16.1. The predicted molar refractivity (Wildman–Crippen MR) is 391 cm³/mol. The number of aliphatic hydroxyl groups is 1. The van der Waals surface area contributed by atoms with E-state index < -0.39 is 21.8 Å². The highest BCUT2D eigenvalue weighted by Gasteiger charge is 2.60. The van der Waals surface area contributed by atoms with Gasteiger partial charge in [-0.3, -0.25) is 0 Å². The Morgan fingerprint density at radius 2 is 0.478 bits per heavy atom. The van der Waals surface area contributed by atoms with E-state index in [1.165, 1.54) is 129 Å². The van der Waals surface area contributed by atoms with Crippen molar-refractivity contribution in [2.75, 3.05) is 0 Å². The highest BCUT2D eigenvalue weighted by atomic mass is 32.1. The molecule has 0 saturated carbocycles. The third-order valence-corrected chi connectivity index (χ3v) is 23.6. The summed E-state index contributed by atoms with van der Waals surface area (Å²) in [5, 5.41) is 18.9. The van der Waals surface area contributed by atoms with Gasteiger partial charge in [-0.25, -0.2) is 0 Å². The minimum Gasteiger partial charge on any atom is -0.376 e. The van der Waals surface area contributed by atoms with Gasteiger partial charge in [0.15, 0.2) is 0 Å². The van der Waals surface area contributed by atoms with E-state index in [0.717, 1.165) is 38.9 Å². The average Bonchev–Trinajstić information content (AvgIpc) is 1.58. The van der Waals surface area contributed by atoms with Crippen molar-refractivity contribution in [2.24, 2.45) is 0 Å². The molecule has 14 aromatic carbocycles. The van der Waals surface area contributed by atoms with Crippen molar-refractivity contribution in [3.05, 3.63) is 405 Å². The van der Waals surface area contributed by atoms with Crippen molar-refractivity contribution in [3.8, 4) is 44.5 Å². The van der Waals surface area contributed by atoms with Crippen LogP contribution in [0.25, 0.3) is 84.9 Å². The summed E-state index contributed by atoms with van der Waals surface area (Å²) in [5.41, 5.74) is 25.8. The van der Waals surface area contributed by atoms with Crippen LogP contribution < -0.4 is 0 Å². The highest BCUT2D eigenvalue weighted by molar-refractivity contribution is 7.26. The van der Waals surface area contributed by atoms with Gasteiger partial charge < -0.3 is 5.11 Å². The Hall–Kier alpha value is -10.5. The number of fused-ring (bicyclic) bond motifs is 31. The molecule has 2 heterocycles. The summed E-state index contributed by atoms with van der Waals surface area (Å²) in [5.74, 6) is 0. The number of rotatable bonds is 2. The van der Waals surface area contributed by atoms with Gasteiger partial charge in [0.1, 0.15) is 5.60 Å². The van der Waals surface area contributed by atoms with Crippen LogP contribution in [-0.4, -0.2) is 13.5 Å².